The lowest BCUT2D eigenvalue weighted by Crippen LogP contribution is -2.43. The summed E-state index contributed by atoms with van der Waals surface area (Å²) in [7, 11) is 1.56. The first-order chi connectivity index (χ1) is 16.2. The third-order valence-electron chi connectivity index (χ3n) is 6.00. The zero-order chi connectivity index (χ0) is 22.6. The third kappa shape index (κ3) is 4.88. The predicted molar refractivity (Wildman–Crippen MR) is 120 cm³/mol. The fourth-order valence-electron chi connectivity index (χ4n) is 4.16. The van der Waals surface area contributed by atoms with Crippen molar-refractivity contribution in [2.24, 2.45) is 0 Å². The molecule has 3 aromatic rings. The topological polar surface area (TPSA) is 117 Å². The van der Waals surface area contributed by atoms with E-state index >= 15 is 0 Å². The number of hydrogen-bond donors (Lipinski definition) is 1. The molecular weight excluding hydrogens is 426 g/mol. The normalized spacial score (nSPS) is 16.8. The number of hydrogen-bond acceptors (Lipinski definition) is 10. The molecule has 0 aromatic carbocycles. The van der Waals surface area contributed by atoms with E-state index in [0.717, 1.165) is 32.5 Å². The molecule has 33 heavy (non-hydrogen) atoms. The lowest BCUT2D eigenvalue weighted by Gasteiger charge is -2.32. The maximum absolute atomic E-state index is 12.4. The van der Waals surface area contributed by atoms with Crippen molar-refractivity contribution in [2.75, 3.05) is 40.0 Å². The molecule has 3 aromatic heterocycles. The molecule has 0 saturated carbocycles. The van der Waals surface area contributed by atoms with Crippen molar-refractivity contribution in [3.8, 4) is 17.5 Å². The van der Waals surface area contributed by atoms with Crippen LogP contribution in [-0.2, 0) is 13.1 Å². The van der Waals surface area contributed by atoms with E-state index in [4.69, 9.17) is 14.2 Å². The van der Waals surface area contributed by atoms with Crippen LogP contribution in [0.5, 0.6) is 17.5 Å². The third-order valence-corrected chi connectivity index (χ3v) is 6.00. The highest BCUT2D eigenvalue weighted by Crippen LogP contribution is 2.26. The van der Waals surface area contributed by atoms with Gasteiger partial charge < -0.3 is 24.4 Å². The number of nitrogens with zero attached hydrogens (tertiary/aromatic N) is 6. The van der Waals surface area contributed by atoms with Gasteiger partial charge in [0, 0.05) is 25.2 Å². The van der Waals surface area contributed by atoms with E-state index < -0.39 is 0 Å². The number of pyridine rings is 1. The van der Waals surface area contributed by atoms with Gasteiger partial charge in [-0.2, -0.15) is 9.97 Å². The van der Waals surface area contributed by atoms with Crippen LogP contribution in [0.4, 0.5) is 0 Å². The molecule has 1 N–H and O–H groups in total. The van der Waals surface area contributed by atoms with E-state index in [1.807, 2.05) is 6.07 Å². The quantitative estimate of drug-likeness (QED) is 0.545. The average molecular weight is 454 g/mol. The number of aromatic nitrogens is 5. The lowest BCUT2D eigenvalue weighted by atomic mass is 10.1. The number of methoxy groups -OCH3 is 1. The molecule has 0 atom stereocenters. The van der Waals surface area contributed by atoms with Gasteiger partial charge >= 0.3 is 0 Å². The molecule has 5 rings (SSSR count). The van der Waals surface area contributed by atoms with E-state index in [2.05, 4.69) is 30.2 Å². The number of likely N-dealkylation sites (tertiary alicyclic amines) is 1. The molecule has 0 radical (unpaired) electrons. The van der Waals surface area contributed by atoms with E-state index in [-0.39, 0.29) is 5.56 Å². The highest BCUT2D eigenvalue weighted by molar-refractivity contribution is 5.70. The Kier molecular flexibility index (Phi) is 6.31. The second kappa shape index (κ2) is 9.67. The minimum absolute atomic E-state index is 0.153. The Bertz CT molecular complexity index is 1180. The molecule has 2 aliphatic rings. The van der Waals surface area contributed by atoms with Gasteiger partial charge in [0.1, 0.15) is 24.6 Å². The Labute approximate surface area is 190 Å². The molecule has 0 unspecified atom stereocenters. The van der Waals surface area contributed by atoms with E-state index in [0.29, 0.717) is 66.8 Å². The van der Waals surface area contributed by atoms with Crippen molar-refractivity contribution in [1.29, 1.82) is 0 Å². The molecule has 11 nitrogen and oxygen atoms in total. The first-order valence-corrected chi connectivity index (χ1v) is 11.2. The summed E-state index contributed by atoms with van der Waals surface area (Å²) in [5, 5.41) is 3.55. The van der Waals surface area contributed by atoms with Crippen molar-refractivity contribution in [2.45, 2.75) is 32.0 Å². The first kappa shape index (κ1) is 21.5. The summed E-state index contributed by atoms with van der Waals surface area (Å²) in [4.78, 5) is 32.2. The fourth-order valence-corrected chi connectivity index (χ4v) is 4.16. The Morgan fingerprint density at radius 1 is 1.09 bits per heavy atom. The smallest absolute Gasteiger partial charge is 0.270 e. The molecule has 1 fully saturated rings. The Hall–Kier alpha value is -3.31. The van der Waals surface area contributed by atoms with Gasteiger partial charge in [-0.25, -0.2) is 9.97 Å². The molecule has 2 aliphatic heterocycles. The van der Waals surface area contributed by atoms with Crippen molar-refractivity contribution < 1.29 is 14.2 Å². The fraction of sp³-hybridized carbons (Fsp3) is 0.500. The Balaban J connectivity index is 1.13. The van der Waals surface area contributed by atoms with Gasteiger partial charge in [0.2, 0.25) is 5.88 Å². The summed E-state index contributed by atoms with van der Waals surface area (Å²) < 4.78 is 17.9. The van der Waals surface area contributed by atoms with Crippen LogP contribution in [-0.4, -0.2) is 75.4 Å². The highest BCUT2D eigenvalue weighted by Gasteiger charge is 2.20. The van der Waals surface area contributed by atoms with Crippen molar-refractivity contribution in [3.63, 3.8) is 0 Å². The summed E-state index contributed by atoms with van der Waals surface area (Å²) in [5.74, 6) is 2.30. The minimum Gasteiger partial charge on any atom is -0.483 e. The van der Waals surface area contributed by atoms with Crippen molar-refractivity contribution >= 4 is 11.2 Å². The monoisotopic (exact) mass is 453 g/mol. The summed E-state index contributed by atoms with van der Waals surface area (Å²) in [5.41, 5.74) is 1.08. The Morgan fingerprint density at radius 2 is 1.94 bits per heavy atom. The number of fused-ring (bicyclic) bond motifs is 2. The highest BCUT2D eigenvalue weighted by atomic mass is 16.6. The predicted octanol–water partition coefficient (Wildman–Crippen LogP) is 0.615. The number of ether oxygens (including phenoxy) is 3. The van der Waals surface area contributed by atoms with Crippen molar-refractivity contribution in [3.05, 3.63) is 40.7 Å². The van der Waals surface area contributed by atoms with Crippen LogP contribution in [0.25, 0.3) is 11.2 Å². The summed E-state index contributed by atoms with van der Waals surface area (Å²) in [6, 6.07) is 3.96. The maximum atomic E-state index is 12.4. The van der Waals surface area contributed by atoms with Crippen LogP contribution < -0.4 is 25.1 Å². The van der Waals surface area contributed by atoms with Gasteiger partial charge in [-0.1, -0.05) is 0 Å². The molecule has 0 aliphatic carbocycles. The maximum Gasteiger partial charge on any atom is 0.270 e. The first-order valence-electron chi connectivity index (χ1n) is 11.2. The molecule has 0 amide bonds. The molecule has 174 valence electrons. The number of piperidine rings is 1. The van der Waals surface area contributed by atoms with Gasteiger partial charge in [0.25, 0.3) is 11.4 Å². The standard InChI is InChI=1S/C22H27N7O4/c1-31-19-3-2-16-21(27-19)29(20(30)14-24-16)9-8-28-6-4-15(5-7-28)23-13-18-25-12-17-22(26-18)33-11-10-32-17/h2-3,12,14-15,23H,4-11,13H2,1H3. The van der Waals surface area contributed by atoms with Gasteiger partial charge in [0.15, 0.2) is 11.4 Å². The molecular formula is C22H27N7O4. The number of nitrogens with one attached hydrogen (secondary N) is 1. The molecule has 1 saturated heterocycles. The van der Waals surface area contributed by atoms with E-state index in [9.17, 15) is 4.79 Å². The number of rotatable bonds is 7. The van der Waals surface area contributed by atoms with Crippen molar-refractivity contribution in [1.82, 2.24) is 34.7 Å². The van der Waals surface area contributed by atoms with Crippen LogP contribution in [0.2, 0.25) is 0 Å². The van der Waals surface area contributed by atoms with Crippen LogP contribution in [0.15, 0.2) is 29.3 Å². The summed E-state index contributed by atoms with van der Waals surface area (Å²) in [6.07, 6.45) is 5.06. The van der Waals surface area contributed by atoms with Crippen LogP contribution >= 0.6 is 0 Å². The molecule has 0 spiro atoms. The second-order valence-corrected chi connectivity index (χ2v) is 8.09. The van der Waals surface area contributed by atoms with Crippen LogP contribution in [0.1, 0.15) is 18.7 Å². The van der Waals surface area contributed by atoms with Crippen LogP contribution in [0.3, 0.4) is 0 Å². The molecule has 11 heteroatoms. The van der Waals surface area contributed by atoms with Gasteiger partial charge in [0.05, 0.1) is 26.0 Å². The molecule has 0 bridgehead atoms. The average Bonchev–Trinajstić information content (AvgIpc) is 2.87. The Morgan fingerprint density at radius 3 is 2.79 bits per heavy atom. The lowest BCUT2D eigenvalue weighted by molar-refractivity contribution is 0.162. The largest absolute Gasteiger partial charge is 0.483 e. The zero-order valence-corrected chi connectivity index (χ0v) is 18.6. The van der Waals surface area contributed by atoms with E-state index in [1.165, 1.54) is 6.20 Å². The zero-order valence-electron chi connectivity index (χ0n) is 18.6. The molecule has 5 heterocycles. The SMILES string of the molecule is COc1ccc2ncc(=O)n(CCN3CCC(NCc4ncc5c(n4)OCCO5)CC3)c2n1. The van der Waals surface area contributed by atoms with Gasteiger partial charge in [-0.15, -0.1) is 0 Å². The van der Waals surface area contributed by atoms with Crippen LogP contribution in [0, 0.1) is 0 Å². The van der Waals surface area contributed by atoms with Gasteiger partial charge in [-0.05, 0) is 32.0 Å². The van der Waals surface area contributed by atoms with Gasteiger partial charge in [-0.3, -0.25) is 9.36 Å². The minimum atomic E-state index is -0.153. The second-order valence-electron chi connectivity index (χ2n) is 8.09. The summed E-state index contributed by atoms with van der Waals surface area (Å²) >= 11 is 0. The summed E-state index contributed by atoms with van der Waals surface area (Å²) in [6.45, 7) is 4.87. The van der Waals surface area contributed by atoms with E-state index in [1.54, 1.807) is 23.9 Å².